The summed E-state index contributed by atoms with van der Waals surface area (Å²) in [5.74, 6) is 15.0. The van der Waals surface area contributed by atoms with Gasteiger partial charge in [0.1, 0.15) is 41.1 Å². The van der Waals surface area contributed by atoms with Gasteiger partial charge in [0.2, 0.25) is 0 Å². The molecule has 782 valence electrons. The third-order valence-electron chi connectivity index (χ3n) is 32.0. The lowest BCUT2D eigenvalue weighted by Crippen LogP contribution is -2.33. The van der Waals surface area contributed by atoms with E-state index in [2.05, 4.69) is 232 Å². The van der Waals surface area contributed by atoms with Crippen LogP contribution in [0, 0.1) is 58.2 Å². The van der Waals surface area contributed by atoms with Crippen molar-refractivity contribution in [1.82, 2.24) is 0 Å². The van der Waals surface area contributed by atoms with Crippen molar-refractivity contribution in [2.45, 2.75) is 459 Å². The van der Waals surface area contributed by atoms with Crippen LogP contribution in [0.25, 0.3) is 0 Å². The van der Waals surface area contributed by atoms with Crippen LogP contribution in [0.2, 0.25) is 0 Å². The second kappa shape index (κ2) is 63.9. The quantitative estimate of drug-likeness (QED) is 0.0270. The van der Waals surface area contributed by atoms with Crippen LogP contribution in [-0.4, -0.2) is 64.5 Å². The topological polar surface area (TPSA) is 102 Å². The molecule has 0 amide bonds. The number of benzene rings is 7. The van der Waals surface area contributed by atoms with E-state index in [1.54, 1.807) is 0 Å². The van der Waals surface area contributed by atoms with Gasteiger partial charge in [-0.3, -0.25) is 0 Å². The van der Waals surface area contributed by atoms with Gasteiger partial charge in [0.25, 0.3) is 0 Å². The lowest BCUT2D eigenvalue weighted by molar-refractivity contribution is -0.0760. The zero-order valence-corrected chi connectivity index (χ0v) is 83.1. The maximum atomic E-state index is 6.01. The molecular formula is C126H212O11. The Morgan fingerprint density at radius 2 is 0.708 bits per heavy atom. The van der Waals surface area contributed by atoms with Crippen molar-refractivity contribution in [3.05, 3.63) is 215 Å². The highest BCUT2D eigenvalue weighted by Gasteiger charge is 2.61. The first-order chi connectivity index (χ1) is 60.9. The van der Waals surface area contributed by atoms with E-state index in [4.69, 9.17) is 52.1 Å². The molecule has 0 aliphatic heterocycles. The van der Waals surface area contributed by atoms with Crippen molar-refractivity contribution in [1.29, 1.82) is 0 Å². The van der Waals surface area contributed by atoms with Crippen molar-refractivity contribution in [2.24, 2.45) is 58.2 Å². The van der Waals surface area contributed by atoms with E-state index >= 15 is 0 Å². The van der Waals surface area contributed by atoms with Gasteiger partial charge >= 0.3 is 0 Å². The highest BCUT2D eigenvalue weighted by Crippen LogP contribution is 2.69. The highest BCUT2D eigenvalue weighted by atomic mass is 16.7. The minimum Gasteiger partial charge on any atom is -0.491 e. The zero-order valence-electron chi connectivity index (χ0n) is 83.1. The van der Waals surface area contributed by atoms with E-state index in [9.17, 15) is 0 Å². The molecule has 0 heterocycles. The van der Waals surface area contributed by atoms with Crippen LogP contribution in [0.1, 0.15) is 443 Å². The minimum atomic E-state index is -0.313. The van der Waals surface area contributed by atoms with E-state index in [1.165, 1.54) is 168 Å². The van der Waals surface area contributed by atoms with Crippen LogP contribution in [0.15, 0.2) is 176 Å². The van der Waals surface area contributed by atoms with Crippen molar-refractivity contribution in [3.8, 4) is 34.5 Å². The number of hydrogen-bond acceptors (Lipinski definition) is 11. The lowest BCUT2D eigenvalue weighted by Gasteiger charge is -2.39. The second-order valence-electron chi connectivity index (χ2n) is 41.6. The van der Waals surface area contributed by atoms with E-state index in [0.717, 1.165) is 145 Å². The average molecular weight is 1900 g/mol. The summed E-state index contributed by atoms with van der Waals surface area (Å²) in [7, 11) is 0. The molecule has 0 N–H and O–H groups in total. The summed E-state index contributed by atoms with van der Waals surface area (Å²) in [4.78, 5) is 0. The predicted molar refractivity (Wildman–Crippen MR) is 594 cm³/mol. The molecule has 14 rings (SSSR count). The molecule has 7 aromatic carbocycles. The van der Waals surface area contributed by atoms with Crippen molar-refractivity contribution >= 4 is 0 Å². The molecule has 7 saturated carbocycles. The zero-order chi connectivity index (χ0) is 91.2. The van der Waals surface area contributed by atoms with Crippen LogP contribution >= 0.6 is 0 Å². The van der Waals surface area contributed by atoms with E-state index in [1.807, 2.05) is 89.2 Å². The number of rotatable bonds is 41. The number of fused-ring (bicyclic) bond motifs is 7. The average Bonchev–Trinajstić information content (AvgIpc) is 1.56. The van der Waals surface area contributed by atoms with Crippen LogP contribution in [0.4, 0.5) is 0 Å². The lowest BCUT2D eigenvalue weighted by atomic mass is 9.66. The fraction of sp³-hybridized carbons (Fsp3) is 0.667. The van der Waals surface area contributed by atoms with Crippen LogP contribution in [0.5, 0.6) is 34.5 Å². The number of ether oxygens (including phenoxy) is 11. The Morgan fingerprint density at radius 1 is 0.336 bits per heavy atom. The Labute approximate surface area is 846 Å². The third kappa shape index (κ3) is 39.1. The van der Waals surface area contributed by atoms with Gasteiger partial charge in [0, 0.05) is 0 Å². The Balaban J connectivity index is 0.00000166. The summed E-state index contributed by atoms with van der Waals surface area (Å²) in [6.07, 6.45) is 33.6. The molecule has 0 saturated heterocycles. The summed E-state index contributed by atoms with van der Waals surface area (Å²) in [5, 5.41) is 0. The molecular weight excluding hydrogens is 1690 g/mol. The first-order valence-electron chi connectivity index (χ1n) is 50.6. The van der Waals surface area contributed by atoms with Gasteiger partial charge in [-0.2, -0.15) is 0 Å². The predicted octanol–water partition coefficient (Wildman–Crippen LogP) is 38.2. The molecule has 11 heteroatoms. The van der Waals surface area contributed by atoms with Crippen molar-refractivity contribution in [2.75, 3.05) is 33.0 Å². The van der Waals surface area contributed by atoms with Gasteiger partial charge in [-0.15, -0.1) is 0 Å². The molecule has 0 aromatic heterocycles. The molecule has 7 fully saturated rings. The molecule has 15 unspecified atom stereocenters. The summed E-state index contributed by atoms with van der Waals surface area (Å²) < 4.78 is 64.7. The van der Waals surface area contributed by atoms with Gasteiger partial charge in [-0.25, -0.2) is 0 Å². The Bertz CT molecular complexity index is 4160. The summed E-state index contributed by atoms with van der Waals surface area (Å²) in [6.45, 7) is 50.6. The molecule has 11 nitrogen and oxygen atoms in total. The smallest absolute Gasteiger partial charge is 0.197 e. The largest absolute Gasteiger partial charge is 0.491 e. The monoisotopic (exact) mass is 1900 g/mol. The van der Waals surface area contributed by atoms with Gasteiger partial charge in [0.15, 0.2) is 31.5 Å². The van der Waals surface area contributed by atoms with Crippen LogP contribution < -0.4 is 28.4 Å². The van der Waals surface area contributed by atoms with E-state index in [0.29, 0.717) is 42.5 Å². The molecule has 7 aromatic rings. The standard InChI is InChI=1S/C27H38O3.C24H36O2.C24H38O2.C21H34O2.C20H26O2.10CH4/c1-5-27(3,4)24-13-17-26(18-14-24)30-21(2)28-19-20-29-25-15-11-23(12-16-25)22-9-7-6-8-10-22;1-4-16(2)18-8-10-21(11-9-18)26-17(3)25-13-12-19-14-20-15-24(19)23-7-5-6-22(20)23;1-7-17(2)19-8-10-22(11-9-19)26-18(3)25-15-13-21-16-20-12-14-24(21,6)23(20,4)5;1-5-21(3,4)19-11-13-20(14-12-19)23-17(2)22-16-15-18-9-7-6-8-10-18;1-5-20(3,4)18-11-13-19(14-12-18)22-16(2)21-15-17-9-7-6-8-10-17;;;;;;;;;;/h11-18,21-22H,5-10,19-20H2,1-4H3;8-11,16-17,19-20,22-24H,4-7,12-15H2,1-3H3;8-11,17-18,20-21H,7,12-16H2,1-6H3;11-14,17-18H,5-10,15-16H2,1-4H3;6-14,16H,5,15H2,1-4H3;10*1H4. The van der Waals surface area contributed by atoms with Crippen molar-refractivity contribution < 1.29 is 52.1 Å². The van der Waals surface area contributed by atoms with Gasteiger partial charge in [0.05, 0.1) is 33.0 Å². The SMILES string of the molecule is C.C.C.C.C.C.C.C.C.C.CCC(C)(C)c1ccc(OC(C)OCCC2CCCCC2)cc1.CCC(C)(C)c1ccc(OC(C)OCCOc2ccc(C3CCCCC3)cc2)cc1.CCC(C)(C)c1ccc(OC(C)OCc2ccccc2)cc1.CCC(C)c1ccc(OC(C)OCCC2CC3CC2C2CCCC32)cc1.CCC(C)c1ccc(OC(C)OCCC2CC3CCC2(C)C3(C)C)cc1. The van der Waals surface area contributed by atoms with E-state index in [-0.39, 0.29) is 122 Å². The normalized spacial score (nSPS) is 21.2. The second-order valence-corrected chi connectivity index (χ2v) is 41.6. The third-order valence-corrected chi connectivity index (χ3v) is 32.0. The Kier molecular flexibility index (Phi) is 60.7. The Hall–Kier alpha value is -6.86. The summed E-state index contributed by atoms with van der Waals surface area (Å²) in [5.41, 5.74) is 11.0. The summed E-state index contributed by atoms with van der Waals surface area (Å²) in [6, 6.07) is 60.9. The van der Waals surface area contributed by atoms with Crippen LogP contribution in [0.3, 0.4) is 0 Å². The van der Waals surface area contributed by atoms with Gasteiger partial charge in [-0.05, 0) is 348 Å². The maximum absolute atomic E-state index is 6.01. The van der Waals surface area contributed by atoms with Crippen molar-refractivity contribution in [3.63, 3.8) is 0 Å². The maximum Gasteiger partial charge on any atom is 0.197 e. The minimum absolute atomic E-state index is 0. The highest BCUT2D eigenvalue weighted by molar-refractivity contribution is 5.36. The summed E-state index contributed by atoms with van der Waals surface area (Å²) >= 11 is 0. The first kappa shape index (κ1) is 130. The molecule has 7 aliphatic rings. The van der Waals surface area contributed by atoms with Gasteiger partial charge in [-0.1, -0.05) is 346 Å². The van der Waals surface area contributed by atoms with Gasteiger partial charge < -0.3 is 52.1 Å². The fourth-order valence-electron chi connectivity index (χ4n) is 21.3. The first-order valence-corrected chi connectivity index (χ1v) is 50.6. The molecule has 15 atom stereocenters. The molecule has 7 aliphatic carbocycles. The van der Waals surface area contributed by atoms with E-state index < -0.39 is 0 Å². The number of hydrogen-bond donors (Lipinski definition) is 0. The Morgan fingerprint density at radius 3 is 1.10 bits per heavy atom. The molecule has 4 bridgehead atoms. The molecule has 0 spiro atoms. The fourth-order valence-corrected chi connectivity index (χ4v) is 21.3. The molecule has 0 radical (unpaired) electrons. The molecule has 137 heavy (non-hydrogen) atoms. The van der Waals surface area contributed by atoms with Crippen LogP contribution in [-0.2, 0) is 46.5 Å².